The third-order valence-corrected chi connectivity index (χ3v) is 5.19. The molecule has 1 saturated heterocycles. The summed E-state index contributed by atoms with van der Waals surface area (Å²) in [6, 6.07) is 16.6. The van der Waals surface area contributed by atoms with Gasteiger partial charge in [0.05, 0.1) is 6.21 Å². The standard InChI is InChI=1S/C23H26F2N2O3/c1-17(30-26-16-20-9-5-6-10-21(20)29-23(24)25)22(28)27-13-11-19(12-14-27)15-18-7-3-2-4-8-18/h2-10,16-17,19,23H,11-15H2,1H3/b26-16-/t17-/m1/s1. The van der Waals surface area contributed by atoms with Crippen LogP contribution in [-0.2, 0) is 16.1 Å². The Morgan fingerprint density at radius 3 is 2.50 bits per heavy atom. The normalized spacial score (nSPS) is 16.1. The van der Waals surface area contributed by atoms with E-state index in [1.165, 1.54) is 17.8 Å². The molecule has 30 heavy (non-hydrogen) atoms. The molecule has 5 nitrogen and oxygen atoms in total. The van der Waals surface area contributed by atoms with Gasteiger partial charge in [0.1, 0.15) is 5.75 Å². The second-order valence-corrected chi connectivity index (χ2v) is 7.36. The molecule has 1 heterocycles. The Balaban J connectivity index is 1.47. The third-order valence-electron chi connectivity index (χ3n) is 5.19. The molecule has 2 aromatic rings. The van der Waals surface area contributed by atoms with Crippen LogP contribution in [0.3, 0.4) is 0 Å². The lowest BCUT2D eigenvalue weighted by molar-refractivity contribution is -0.144. The van der Waals surface area contributed by atoms with E-state index in [0.29, 0.717) is 24.6 Å². The summed E-state index contributed by atoms with van der Waals surface area (Å²) < 4.78 is 29.4. The smallest absolute Gasteiger partial charge is 0.387 e. The lowest BCUT2D eigenvalue weighted by Crippen LogP contribution is -2.43. The zero-order valence-corrected chi connectivity index (χ0v) is 16.9. The molecule has 0 spiro atoms. The third kappa shape index (κ3) is 6.27. The van der Waals surface area contributed by atoms with Crippen LogP contribution in [0.2, 0.25) is 0 Å². The zero-order valence-electron chi connectivity index (χ0n) is 16.9. The van der Waals surface area contributed by atoms with Crippen LogP contribution < -0.4 is 4.74 Å². The fourth-order valence-corrected chi connectivity index (χ4v) is 3.58. The van der Waals surface area contributed by atoms with Crippen molar-refractivity contribution in [3.63, 3.8) is 0 Å². The molecule has 0 saturated carbocycles. The number of carbonyl (C=O) groups is 1. The lowest BCUT2D eigenvalue weighted by Gasteiger charge is -2.33. The monoisotopic (exact) mass is 416 g/mol. The van der Waals surface area contributed by atoms with Crippen molar-refractivity contribution in [2.75, 3.05) is 13.1 Å². The SMILES string of the molecule is C[C@@H](O/N=C\c1ccccc1OC(F)F)C(=O)N1CCC(Cc2ccccc2)CC1. The molecule has 2 aromatic carbocycles. The van der Waals surface area contributed by atoms with E-state index in [2.05, 4.69) is 22.0 Å². The summed E-state index contributed by atoms with van der Waals surface area (Å²) in [6.45, 7) is 0.0975. The number of halogens is 2. The molecule has 1 aliphatic rings. The molecular formula is C23H26F2N2O3. The van der Waals surface area contributed by atoms with Gasteiger partial charge in [0.2, 0.25) is 6.10 Å². The molecule has 1 amide bonds. The minimum Gasteiger partial charge on any atom is -0.434 e. The molecule has 0 aliphatic carbocycles. The zero-order chi connectivity index (χ0) is 21.3. The van der Waals surface area contributed by atoms with Crippen molar-refractivity contribution in [1.29, 1.82) is 0 Å². The largest absolute Gasteiger partial charge is 0.434 e. The van der Waals surface area contributed by atoms with Gasteiger partial charge in [-0.2, -0.15) is 8.78 Å². The number of hydrogen-bond acceptors (Lipinski definition) is 4. The number of hydrogen-bond donors (Lipinski definition) is 0. The summed E-state index contributed by atoms with van der Waals surface area (Å²) in [6.07, 6.45) is 3.45. The van der Waals surface area contributed by atoms with E-state index in [4.69, 9.17) is 4.84 Å². The van der Waals surface area contributed by atoms with Crippen molar-refractivity contribution >= 4 is 12.1 Å². The number of oxime groups is 1. The van der Waals surface area contributed by atoms with E-state index >= 15 is 0 Å². The van der Waals surface area contributed by atoms with Gasteiger partial charge >= 0.3 is 6.61 Å². The number of amides is 1. The Bertz CT molecular complexity index is 837. The van der Waals surface area contributed by atoms with Crippen LogP contribution in [0.4, 0.5) is 8.78 Å². The average molecular weight is 416 g/mol. The van der Waals surface area contributed by atoms with Gasteiger partial charge in [-0.3, -0.25) is 4.79 Å². The van der Waals surface area contributed by atoms with Crippen LogP contribution in [0, 0.1) is 5.92 Å². The number of rotatable bonds is 8. The molecule has 1 atom stereocenters. The first kappa shape index (κ1) is 21.7. The molecule has 160 valence electrons. The topological polar surface area (TPSA) is 51.1 Å². The number of piperidine rings is 1. The van der Waals surface area contributed by atoms with Crippen LogP contribution in [0.15, 0.2) is 59.8 Å². The first-order valence-corrected chi connectivity index (χ1v) is 10.1. The van der Waals surface area contributed by atoms with E-state index in [1.807, 2.05) is 18.2 Å². The fraction of sp³-hybridized carbons (Fsp3) is 0.391. The highest BCUT2D eigenvalue weighted by molar-refractivity contribution is 5.83. The summed E-state index contributed by atoms with van der Waals surface area (Å²) >= 11 is 0. The second kappa shape index (κ2) is 10.7. The van der Waals surface area contributed by atoms with Crippen LogP contribution >= 0.6 is 0 Å². The van der Waals surface area contributed by atoms with Crippen LogP contribution in [-0.4, -0.2) is 42.8 Å². The van der Waals surface area contributed by atoms with Gasteiger partial charge in [0, 0.05) is 18.7 Å². The van der Waals surface area contributed by atoms with Crippen LogP contribution in [0.5, 0.6) is 5.75 Å². The van der Waals surface area contributed by atoms with Crippen molar-refractivity contribution < 1.29 is 23.1 Å². The molecule has 1 aliphatic heterocycles. The van der Waals surface area contributed by atoms with Gasteiger partial charge < -0.3 is 14.5 Å². The molecule has 0 radical (unpaired) electrons. The van der Waals surface area contributed by atoms with Crippen LogP contribution in [0.25, 0.3) is 0 Å². The maximum absolute atomic E-state index is 12.6. The number of likely N-dealkylation sites (tertiary alicyclic amines) is 1. The number of benzene rings is 2. The van der Waals surface area contributed by atoms with Crippen molar-refractivity contribution in [1.82, 2.24) is 4.90 Å². The number of alkyl halides is 2. The highest BCUT2D eigenvalue weighted by Crippen LogP contribution is 2.22. The summed E-state index contributed by atoms with van der Waals surface area (Å²) in [7, 11) is 0. The van der Waals surface area contributed by atoms with E-state index < -0.39 is 12.7 Å². The van der Waals surface area contributed by atoms with E-state index in [9.17, 15) is 13.6 Å². The lowest BCUT2D eigenvalue weighted by atomic mass is 9.90. The van der Waals surface area contributed by atoms with Crippen molar-refractivity contribution in [3.05, 3.63) is 65.7 Å². The Morgan fingerprint density at radius 2 is 1.80 bits per heavy atom. The number of para-hydroxylation sites is 1. The highest BCUT2D eigenvalue weighted by atomic mass is 19.3. The van der Waals surface area contributed by atoms with Crippen LogP contribution in [0.1, 0.15) is 30.9 Å². The van der Waals surface area contributed by atoms with E-state index in [0.717, 1.165) is 19.3 Å². The fourth-order valence-electron chi connectivity index (χ4n) is 3.58. The first-order chi connectivity index (χ1) is 14.5. The summed E-state index contributed by atoms with van der Waals surface area (Å²) in [5.41, 5.74) is 1.67. The predicted octanol–water partition coefficient (Wildman–Crippen LogP) is 4.51. The Kier molecular flexibility index (Phi) is 7.76. The summed E-state index contributed by atoms with van der Waals surface area (Å²) in [5.74, 6) is 0.443. The average Bonchev–Trinajstić information content (AvgIpc) is 2.75. The highest BCUT2D eigenvalue weighted by Gasteiger charge is 2.27. The van der Waals surface area contributed by atoms with Gasteiger partial charge in [0.15, 0.2) is 0 Å². The maximum atomic E-state index is 12.6. The predicted molar refractivity (Wildman–Crippen MR) is 111 cm³/mol. The van der Waals surface area contributed by atoms with Gasteiger partial charge in [-0.05, 0) is 49.8 Å². The number of carbonyl (C=O) groups excluding carboxylic acids is 1. The van der Waals surface area contributed by atoms with Crippen molar-refractivity contribution in [2.24, 2.45) is 11.1 Å². The molecular weight excluding hydrogens is 390 g/mol. The molecule has 0 N–H and O–H groups in total. The van der Waals surface area contributed by atoms with Gasteiger partial charge in [-0.1, -0.05) is 47.6 Å². The Hall–Kier alpha value is -2.96. The molecule has 3 rings (SSSR count). The summed E-state index contributed by atoms with van der Waals surface area (Å²) in [4.78, 5) is 19.7. The Morgan fingerprint density at radius 1 is 1.13 bits per heavy atom. The van der Waals surface area contributed by atoms with E-state index in [-0.39, 0.29) is 11.7 Å². The van der Waals surface area contributed by atoms with Crippen molar-refractivity contribution in [2.45, 2.75) is 38.9 Å². The minimum atomic E-state index is -2.93. The van der Waals surface area contributed by atoms with Crippen molar-refractivity contribution in [3.8, 4) is 5.75 Å². The molecule has 0 aromatic heterocycles. The van der Waals surface area contributed by atoms with Gasteiger partial charge in [-0.25, -0.2) is 0 Å². The Labute approximate surface area is 175 Å². The van der Waals surface area contributed by atoms with Gasteiger partial charge in [0.25, 0.3) is 5.91 Å². The maximum Gasteiger partial charge on any atom is 0.387 e. The number of ether oxygens (including phenoxy) is 1. The van der Waals surface area contributed by atoms with E-state index in [1.54, 1.807) is 30.0 Å². The quantitative estimate of drug-likeness (QED) is 0.470. The first-order valence-electron chi connectivity index (χ1n) is 10.1. The van der Waals surface area contributed by atoms with Gasteiger partial charge in [-0.15, -0.1) is 0 Å². The molecule has 1 fully saturated rings. The molecule has 0 bridgehead atoms. The molecule has 7 heteroatoms. The second-order valence-electron chi connectivity index (χ2n) is 7.36. The number of nitrogens with zero attached hydrogens (tertiary/aromatic N) is 2. The minimum absolute atomic E-state index is 0.000631. The molecule has 0 unspecified atom stereocenters. The summed E-state index contributed by atoms with van der Waals surface area (Å²) in [5, 5.41) is 3.80.